The van der Waals surface area contributed by atoms with Crippen molar-refractivity contribution in [3.63, 3.8) is 0 Å². The molecule has 1 saturated heterocycles. The molecular weight excluding hydrogens is 385 g/mol. The molecule has 9 heteroatoms. The minimum atomic E-state index is -0.468. The summed E-state index contributed by atoms with van der Waals surface area (Å²) in [6.07, 6.45) is 6.69. The Morgan fingerprint density at radius 3 is 2.90 bits per heavy atom. The standard InChI is InChI=1S/C21H20FN7O/c22-16-11-23-8-4-17(16)25-21-19-14(12-28-9-6-15(30)13-28)5-10-29(19)27-20(26-21)18-3-1-2-7-24-18/h1-5,7-8,10-11,15,30H,6,9,12-13H2,(H,23,25,26,27)/t15-/m1/s1. The second-order valence-corrected chi connectivity index (χ2v) is 7.29. The maximum absolute atomic E-state index is 14.3. The van der Waals surface area contributed by atoms with E-state index in [1.165, 1.54) is 6.20 Å². The smallest absolute Gasteiger partial charge is 0.200 e. The molecule has 0 aromatic carbocycles. The first-order chi connectivity index (χ1) is 14.7. The quantitative estimate of drug-likeness (QED) is 0.527. The van der Waals surface area contributed by atoms with E-state index in [4.69, 9.17) is 0 Å². The molecule has 0 bridgehead atoms. The van der Waals surface area contributed by atoms with Crippen LogP contribution in [0.1, 0.15) is 12.0 Å². The Bertz CT molecular complexity index is 1180. The van der Waals surface area contributed by atoms with Gasteiger partial charge in [-0.3, -0.25) is 14.9 Å². The van der Waals surface area contributed by atoms with Crippen LogP contribution in [-0.4, -0.2) is 53.8 Å². The maximum Gasteiger partial charge on any atom is 0.200 e. The van der Waals surface area contributed by atoms with Gasteiger partial charge in [0.15, 0.2) is 11.6 Å². The number of nitrogens with zero attached hydrogens (tertiary/aromatic N) is 6. The SMILES string of the molecule is O[C@@H]1CCN(Cc2ccn3nc(-c4ccccn4)nc(Nc4ccncc4F)c23)C1. The minimum absolute atomic E-state index is 0.279. The van der Waals surface area contributed by atoms with E-state index in [1.54, 1.807) is 16.8 Å². The molecule has 0 saturated carbocycles. The van der Waals surface area contributed by atoms with E-state index in [9.17, 15) is 9.50 Å². The van der Waals surface area contributed by atoms with E-state index in [0.29, 0.717) is 30.4 Å². The molecule has 5 heterocycles. The molecule has 4 aromatic rings. The number of aromatic nitrogens is 5. The van der Waals surface area contributed by atoms with E-state index in [1.807, 2.05) is 30.5 Å². The van der Waals surface area contributed by atoms with Crippen molar-refractivity contribution >= 4 is 17.0 Å². The maximum atomic E-state index is 14.3. The third-order valence-electron chi connectivity index (χ3n) is 5.16. The molecule has 1 atom stereocenters. The first-order valence-electron chi connectivity index (χ1n) is 9.74. The third-order valence-corrected chi connectivity index (χ3v) is 5.16. The van der Waals surface area contributed by atoms with Crippen molar-refractivity contribution in [2.45, 2.75) is 19.1 Å². The van der Waals surface area contributed by atoms with Gasteiger partial charge in [0.05, 0.1) is 18.0 Å². The van der Waals surface area contributed by atoms with Crippen molar-refractivity contribution in [3.8, 4) is 11.5 Å². The number of aliphatic hydroxyl groups excluding tert-OH is 1. The summed E-state index contributed by atoms with van der Waals surface area (Å²) in [5, 5.41) is 17.6. The van der Waals surface area contributed by atoms with Crippen LogP contribution in [0.15, 0.2) is 55.1 Å². The topological polar surface area (TPSA) is 91.5 Å². The van der Waals surface area contributed by atoms with Crippen LogP contribution < -0.4 is 5.32 Å². The zero-order valence-electron chi connectivity index (χ0n) is 16.1. The molecule has 1 aliphatic rings. The molecule has 0 radical (unpaired) electrons. The van der Waals surface area contributed by atoms with Gasteiger partial charge in [-0.1, -0.05) is 6.07 Å². The fraction of sp³-hybridized carbons (Fsp3) is 0.238. The molecule has 0 amide bonds. The number of likely N-dealkylation sites (tertiary alicyclic amines) is 1. The van der Waals surface area contributed by atoms with Gasteiger partial charge < -0.3 is 10.4 Å². The second kappa shape index (κ2) is 7.77. The summed E-state index contributed by atoms with van der Waals surface area (Å²) in [5.41, 5.74) is 2.65. The summed E-state index contributed by atoms with van der Waals surface area (Å²) in [6.45, 7) is 2.10. The molecule has 152 valence electrons. The normalized spacial score (nSPS) is 16.9. The number of halogens is 1. The van der Waals surface area contributed by atoms with Gasteiger partial charge in [0.2, 0.25) is 5.82 Å². The number of fused-ring (bicyclic) bond motifs is 1. The lowest BCUT2D eigenvalue weighted by Crippen LogP contribution is -2.21. The van der Waals surface area contributed by atoms with E-state index < -0.39 is 5.82 Å². The third kappa shape index (κ3) is 3.60. The van der Waals surface area contributed by atoms with Crippen molar-refractivity contribution in [2.75, 3.05) is 18.4 Å². The summed E-state index contributed by atoms with van der Waals surface area (Å²) in [4.78, 5) is 15.0. The first-order valence-corrected chi connectivity index (χ1v) is 9.74. The van der Waals surface area contributed by atoms with Crippen molar-refractivity contribution < 1.29 is 9.50 Å². The lowest BCUT2D eigenvalue weighted by molar-refractivity contribution is 0.175. The molecule has 5 rings (SSSR count). The molecule has 1 fully saturated rings. The highest BCUT2D eigenvalue weighted by Gasteiger charge is 2.23. The van der Waals surface area contributed by atoms with Gasteiger partial charge in [-0.15, -0.1) is 5.10 Å². The zero-order chi connectivity index (χ0) is 20.5. The molecular formula is C21H20FN7O. The Balaban J connectivity index is 1.60. The van der Waals surface area contributed by atoms with Crippen molar-refractivity contribution in [1.82, 2.24) is 29.5 Å². The monoisotopic (exact) mass is 405 g/mol. The number of nitrogens with one attached hydrogen (secondary N) is 1. The Hall–Kier alpha value is -3.43. The fourth-order valence-corrected chi connectivity index (χ4v) is 3.71. The van der Waals surface area contributed by atoms with Crippen LogP contribution >= 0.6 is 0 Å². The van der Waals surface area contributed by atoms with E-state index >= 15 is 0 Å². The number of hydrogen-bond donors (Lipinski definition) is 2. The van der Waals surface area contributed by atoms with Crippen molar-refractivity contribution in [3.05, 3.63) is 66.5 Å². The predicted octanol–water partition coefficient (Wildman–Crippen LogP) is 2.64. The number of aliphatic hydroxyl groups is 1. The van der Waals surface area contributed by atoms with Gasteiger partial charge in [-0.2, -0.15) is 0 Å². The zero-order valence-corrected chi connectivity index (χ0v) is 16.1. The van der Waals surface area contributed by atoms with Crippen molar-refractivity contribution in [2.24, 2.45) is 0 Å². The number of rotatable bonds is 5. The van der Waals surface area contributed by atoms with Crippen LogP contribution in [0.5, 0.6) is 0 Å². The van der Waals surface area contributed by atoms with E-state index in [0.717, 1.165) is 30.2 Å². The number of hydrogen-bond acceptors (Lipinski definition) is 7. The molecule has 0 spiro atoms. The van der Waals surface area contributed by atoms with Crippen LogP contribution in [0.25, 0.3) is 17.0 Å². The van der Waals surface area contributed by atoms with Crippen LogP contribution in [0.2, 0.25) is 0 Å². The minimum Gasteiger partial charge on any atom is -0.392 e. The molecule has 0 unspecified atom stereocenters. The summed E-state index contributed by atoms with van der Waals surface area (Å²) in [5.74, 6) is 0.443. The molecule has 4 aromatic heterocycles. The Morgan fingerprint density at radius 2 is 2.13 bits per heavy atom. The summed E-state index contributed by atoms with van der Waals surface area (Å²) >= 11 is 0. The van der Waals surface area contributed by atoms with Gasteiger partial charge in [0.1, 0.15) is 11.2 Å². The summed E-state index contributed by atoms with van der Waals surface area (Å²) in [7, 11) is 0. The van der Waals surface area contributed by atoms with Gasteiger partial charge in [0.25, 0.3) is 0 Å². The second-order valence-electron chi connectivity index (χ2n) is 7.29. The molecule has 30 heavy (non-hydrogen) atoms. The van der Waals surface area contributed by atoms with Crippen LogP contribution in [0.4, 0.5) is 15.9 Å². The highest BCUT2D eigenvalue weighted by atomic mass is 19.1. The Kier molecular flexibility index (Phi) is 4.82. The number of β-amino-alcohol motifs (C(OH)–C–C–N with tert-alkyl or cyclic N) is 1. The molecule has 8 nitrogen and oxygen atoms in total. The number of pyridine rings is 2. The summed E-state index contributed by atoms with van der Waals surface area (Å²) in [6, 6.07) is 9.06. The number of anilines is 2. The van der Waals surface area contributed by atoms with Crippen LogP contribution in [-0.2, 0) is 6.54 Å². The van der Waals surface area contributed by atoms with E-state index in [2.05, 4.69) is 30.3 Å². The molecule has 0 aliphatic carbocycles. The average molecular weight is 405 g/mol. The van der Waals surface area contributed by atoms with Gasteiger partial charge in [0, 0.05) is 38.2 Å². The largest absolute Gasteiger partial charge is 0.392 e. The lowest BCUT2D eigenvalue weighted by atomic mass is 10.2. The van der Waals surface area contributed by atoms with Crippen LogP contribution in [0.3, 0.4) is 0 Å². The van der Waals surface area contributed by atoms with Gasteiger partial charge >= 0.3 is 0 Å². The van der Waals surface area contributed by atoms with Gasteiger partial charge in [-0.25, -0.2) is 13.9 Å². The highest BCUT2D eigenvalue weighted by Crippen LogP contribution is 2.28. The Morgan fingerprint density at radius 1 is 1.20 bits per heavy atom. The summed E-state index contributed by atoms with van der Waals surface area (Å²) < 4.78 is 16.0. The van der Waals surface area contributed by atoms with E-state index in [-0.39, 0.29) is 11.8 Å². The molecule has 1 aliphatic heterocycles. The lowest BCUT2D eigenvalue weighted by Gasteiger charge is -2.16. The van der Waals surface area contributed by atoms with Gasteiger partial charge in [-0.05, 0) is 36.2 Å². The van der Waals surface area contributed by atoms with Crippen molar-refractivity contribution in [1.29, 1.82) is 0 Å². The first kappa shape index (κ1) is 18.6. The van der Waals surface area contributed by atoms with Crippen LogP contribution in [0, 0.1) is 5.82 Å². The Labute approximate surface area is 172 Å². The molecule has 2 N–H and O–H groups in total. The predicted molar refractivity (Wildman–Crippen MR) is 110 cm³/mol. The average Bonchev–Trinajstić information content (AvgIpc) is 3.36. The highest BCUT2D eigenvalue weighted by molar-refractivity contribution is 5.78. The fourth-order valence-electron chi connectivity index (χ4n) is 3.71.